The molecule has 2 aromatic carbocycles. The number of carbonyl (C=O) groups is 2. The zero-order valence-corrected chi connectivity index (χ0v) is 15.0. The monoisotopic (exact) mass is 387 g/mol. The predicted octanol–water partition coefficient (Wildman–Crippen LogP) is 4.21. The lowest BCUT2D eigenvalue weighted by atomic mass is 10.1. The third-order valence-corrected chi connectivity index (χ3v) is 4.04. The van der Waals surface area contributed by atoms with Crippen molar-refractivity contribution in [2.75, 3.05) is 19.4 Å². The van der Waals surface area contributed by atoms with E-state index in [4.69, 9.17) is 0 Å². The van der Waals surface area contributed by atoms with Gasteiger partial charge < -0.3 is 10.2 Å². The van der Waals surface area contributed by atoms with E-state index in [2.05, 4.69) is 10.3 Å². The van der Waals surface area contributed by atoms with E-state index in [0.29, 0.717) is 5.52 Å². The fraction of sp³-hybridized carbons (Fsp3) is 0.150. The average molecular weight is 387 g/mol. The number of nitrogens with one attached hydrogen (secondary N) is 1. The Balaban J connectivity index is 1.96. The van der Waals surface area contributed by atoms with Crippen LogP contribution in [0.25, 0.3) is 10.9 Å². The summed E-state index contributed by atoms with van der Waals surface area (Å²) in [5.41, 5.74) is -0.345. The highest BCUT2D eigenvalue weighted by Crippen LogP contribution is 2.32. The maximum atomic E-state index is 13.2. The van der Waals surface area contributed by atoms with Gasteiger partial charge >= 0.3 is 6.18 Å². The Bertz CT molecular complexity index is 1060. The number of benzene rings is 2. The lowest BCUT2D eigenvalue weighted by Crippen LogP contribution is -2.23. The van der Waals surface area contributed by atoms with Gasteiger partial charge in [-0.1, -0.05) is 6.07 Å². The Morgan fingerprint density at radius 3 is 2.43 bits per heavy atom. The summed E-state index contributed by atoms with van der Waals surface area (Å²) in [5, 5.41) is 3.16. The van der Waals surface area contributed by atoms with Crippen LogP contribution in [0.4, 0.5) is 18.9 Å². The SMILES string of the molecule is CN(C)C(=O)c1cc(NC(=O)c2ccc3ncccc3c2)cc(C(F)(F)F)c1. The van der Waals surface area contributed by atoms with E-state index in [1.54, 1.807) is 30.5 Å². The predicted molar refractivity (Wildman–Crippen MR) is 99.2 cm³/mol. The first-order valence-corrected chi connectivity index (χ1v) is 8.25. The van der Waals surface area contributed by atoms with Gasteiger partial charge in [0.15, 0.2) is 0 Å². The van der Waals surface area contributed by atoms with E-state index in [9.17, 15) is 22.8 Å². The lowest BCUT2D eigenvalue weighted by molar-refractivity contribution is -0.137. The minimum Gasteiger partial charge on any atom is -0.345 e. The Morgan fingerprint density at radius 2 is 1.75 bits per heavy atom. The molecule has 0 fully saturated rings. The number of amides is 2. The topological polar surface area (TPSA) is 62.3 Å². The number of fused-ring (bicyclic) bond motifs is 1. The molecule has 1 heterocycles. The molecule has 0 saturated carbocycles. The van der Waals surface area contributed by atoms with Crippen LogP contribution in [0.1, 0.15) is 26.3 Å². The largest absolute Gasteiger partial charge is 0.416 e. The first-order chi connectivity index (χ1) is 13.1. The zero-order valence-electron chi connectivity index (χ0n) is 15.0. The molecule has 144 valence electrons. The summed E-state index contributed by atoms with van der Waals surface area (Å²) in [4.78, 5) is 30.0. The van der Waals surface area contributed by atoms with Crippen LogP contribution in [-0.2, 0) is 6.18 Å². The number of aromatic nitrogens is 1. The van der Waals surface area contributed by atoms with E-state index in [0.717, 1.165) is 22.4 Å². The second kappa shape index (κ2) is 7.30. The number of anilines is 1. The molecule has 5 nitrogen and oxygen atoms in total. The van der Waals surface area contributed by atoms with Crippen LogP contribution in [0.5, 0.6) is 0 Å². The van der Waals surface area contributed by atoms with Crippen molar-refractivity contribution in [2.45, 2.75) is 6.18 Å². The number of nitrogens with zero attached hydrogens (tertiary/aromatic N) is 2. The van der Waals surface area contributed by atoms with Gasteiger partial charge in [-0.05, 0) is 42.5 Å². The van der Waals surface area contributed by atoms with Gasteiger partial charge in [0.2, 0.25) is 0 Å². The van der Waals surface area contributed by atoms with Crippen LogP contribution in [-0.4, -0.2) is 35.8 Å². The lowest BCUT2D eigenvalue weighted by Gasteiger charge is -2.15. The molecule has 0 aliphatic rings. The summed E-state index contributed by atoms with van der Waals surface area (Å²) in [6, 6.07) is 11.1. The van der Waals surface area contributed by atoms with Gasteiger partial charge in [-0.2, -0.15) is 13.2 Å². The molecule has 0 spiro atoms. The number of hydrogen-bond acceptors (Lipinski definition) is 3. The van der Waals surface area contributed by atoms with Gasteiger partial charge in [-0.25, -0.2) is 0 Å². The Morgan fingerprint density at radius 1 is 1.00 bits per heavy atom. The molecule has 2 amide bonds. The number of halogens is 3. The number of pyridine rings is 1. The van der Waals surface area contributed by atoms with Gasteiger partial charge in [-0.3, -0.25) is 14.6 Å². The van der Waals surface area contributed by atoms with Crippen LogP contribution in [0.3, 0.4) is 0 Å². The number of carbonyl (C=O) groups excluding carboxylic acids is 2. The molecule has 0 bridgehead atoms. The fourth-order valence-electron chi connectivity index (χ4n) is 2.67. The summed E-state index contributed by atoms with van der Waals surface area (Å²) in [5.74, 6) is -1.19. The molecule has 3 rings (SSSR count). The molecule has 1 N–H and O–H groups in total. The van der Waals surface area contributed by atoms with Gasteiger partial charge in [0.05, 0.1) is 11.1 Å². The molecule has 0 aliphatic carbocycles. The summed E-state index contributed by atoms with van der Waals surface area (Å²) in [6.07, 6.45) is -3.04. The molecular formula is C20H16F3N3O2. The smallest absolute Gasteiger partial charge is 0.345 e. The maximum absolute atomic E-state index is 13.2. The van der Waals surface area contributed by atoms with Crippen LogP contribution in [0.15, 0.2) is 54.7 Å². The number of alkyl halides is 3. The molecule has 0 atom stereocenters. The molecule has 0 aliphatic heterocycles. The average Bonchev–Trinajstić information content (AvgIpc) is 2.65. The van der Waals surface area contributed by atoms with Crippen LogP contribution < -0.4 is 5.32 Å². The van der Waals surface area contributed by atoms with E-state index in [1.165, 1.54) is 26.2 Å². The van der Waals surface area contributed by atoms with Crippen molar-refractivity contribution in [2.24, 2.45) is 0 Å². The van der Waals surface area contributed by atoms with Crippen molar-refractivity contribution in [3.05, 3.63) is 71.4 Å². The van der Waals surface area contributed by atoms with Gasteiger partial charge in [0.25, 0.3) is 11.8 Å². The van der Waals surface area contributed by atoms with E-state index in [-0.39, 0.29) is 16.8 Å². The molecule has 28 heavy (non-hydrogen) atoms. The van der Waals surface area contributed by atoms with Crippen molar-refractivity contribution in [1.82, 2.24) is 9.88 Å². The molecule has 0 radical (unpaired) electrons. The van der Waals surface area contributed by atoms with Crippen LogP contribution >= 0.6 is 0 Å². The maximum Gasteiger partial charge on any atom is 0.416 e. The van der Waals surface area contributed by atoms with Crippen LogP contribution in [0, 0.1) is 0 Å². The standard InChI is InChI=1S/C20H16F3N3O2/c1-26(2)19(28)14-9-15(20(21,22)23)11-16(10-14)25-18(27)13-5-6-17-12(8-13)4-3-7-24-17/h3-11H,1-2H3,(H,25,27). The van der Waals surface area contributed by atoms with Crippen molar-refractivity contribution in [1.29, 1.82) is 0 Å². The molecule has 1 aromatic heterocycles. The van der Waals surface area contributed by atoms with Crippen molar-refractivity contribution >= 4 is 28.4 Å². The number of hydrogen-bond donors (Lipinski definition) is 1. The molecule has 8 heteroatoms. The number of rotatable bonds is 3. The van der Waals surface area contributed by atoms with Crippen molar-refractivity contribution < 1.29 is 22.8 Å². The third-order valence-electron chi connectivity index (χ3n) is 4.04. The molecule has 0 unspecified atom stereocenters. The summed E-state index contributed by atoms with van der Waals surface area (Å²) in [7, 11) is 2.87. The Labute approximate surface area is 158 Å². The van der Waals surface area contributed by atoms with E-state index in [1.807, 2.05) is 0 Å². The van der Waals surface area contributed by atoms with Crippen LogP contribution in [0.2, 0.25) is 0 Å². The highest BCUT2D eigenvalue weighted by Gasteiger charge is 2.32. The van der Waals surface area contributed by atoms with Gasteiger partial charge in [-0.15, -0.1) is 0 Å². The normalized spacial score (nSPS) is 11.3. The second-order valence-corrected chi connectivity index (χ2v) is 6.36. The second-order valence-electron chi connectivity index (χ2n) is 6.36. The van der Waals surface area contributed by atoms with Gasteiger partial charge in [0, 0.05) is 42.5 Å². The summed E-state index contributed by atoms with van der Waals surface area (Å²) in [6.45, 7) is 0. The summed E-state index contributed by atoms with van der Waals surface area (Å²) < 4.78 is 39.6. The Kier molecular flexibility index (Phi) is 5.04. The zero-order chi connectivity index (χ0) is 20.5. The quantitative estimate of drug-likeness (QED) is 0.732. The van der Waals surface area contributed by atoms with E-state index >= 15 is 0 Å². The first kappa shape index (κ1) is 19.3. The first-order valence-electron chi connectivity index (χ1n) is 8.25. The third kappa shape index (κ3) is 4.11. The minimum absolute atomic E-state index is 0.115. The highest BCUT2D eigenvalue weighted by molar-refractivity contribution is 6.07. The minimum atomic E-state index is -4.66. The fourth-order valence-corrected chi connectivity index (χ4v) is 2.67. The molecule has 0 saturated heterocycles. The molecule has 3 aromatic rings. The summed E-state index contributed by atoms with van der Waals surface area (Å²) >= 11 is 0. The highest BCUT2D eigenvalue weighted by atomic mass is 19.4. The molecular weight excluding hydrogens is 371 g/mol. The van der Waals surface area contributed by atoms with Gasteiger partial charge in [0.1, 0.15) is 0 Å². The van der Waals surface area contributed by atoms with E-state index < -0.39 is 23.6 Å². The Hall–Kier alpha value is -3.42. The van der Waals surface area contributed by atoms with Crippen molar-refractivity contribution in [3.8, 4) is 0 Å². The van der Waals surface area contributed by atoms with Crippen molar-refractivity contribution in [3.63, 3.8) is 0 Å².